The molecular weight excluding hydrogens is 380 g/mol. The summed E-state index contributed by atoms with van der Waals surface area (Å²) >= 11 is 0. The first-order valence-corrected chi connectivity index (χ1v) is 10.5. The number of fused-ring (bicyclic) bond motifs is 1. The van der Waals surface area contributed by atoms with Crippen LogP contribution >= 0.6 is 0 Å². The van der Waals surface area contributed by atoms with Crippen LogP contribution in [0.25, 0.3) is 0 Å². The molecule has 1 aliphatic heterocycles. The molecule has 0 radical (unpaired) electrons. The summed E-state index contributed by atoms with van der Waals surface area (Å²) in [6.45, 7) is 7.22. The van der Waals surface area contributed by atoms with E-state index in [1.165, 1.54) is 0 Å². The van der Waals surface area contributed by atoms with E-state index in [9.17, 15) is 4.79 Å². The average molecular weight is 411 g/mol. The third-order valence-electron chi connectivity index (χ3n) is 4.68. The van der Waals surface area contributed by atoms with Gasteiger partial charge in [-0.05, 0) is 31.5 Å². The first-order chi connectivity index (χ1) is 14.7. The van der Waals surface area contributed by atoms with Crippen LogP contribution in [0, 0.1) is 0 Å². The second kappa shape index (κ2) is 11.1. The van der Waals surface area contributed by atoms with Gasteiger partial charge < -0.3 is 25.0 Å². The number of benzene rings is 2. The molecule has 1 aliphatic rings. The van der Waals surface area contributed by atoms with Crippen molar-refractivity contribution >= 4 is 17.6 Å². The normalized spacial score (nSPS) is 13.3. The van der Waals surface area contributed by atoms with Crippen molar-refractivity contribution in [3.05, 3.63) is 54.1 Å². The molecule has 0 aromatic heterocycles. The van der Waals surface area contributed by atoms with Gasteiger partial charge in [0.15, 0.2) is 17.5 Å². The lowest BCUT2D eigenvalue weighted by Crippen LogP contribution is -2.35. The van der Waals surface area contributed by atoms with Crippen LogP contribution in [-0.2, 0) is 11.3 Å². The summed E-state index contributed by atoms with van der Waals surface area (Å²) in [6.07, 6.45) is 0.862. The lowest BCUT2D eigenvalue weighted by molar-refractivity contribution is -0.130. The molecule has 1 amide bonds. The zero-order chi connectivity index (χ0) is 21.2. The van der Waals surface area contributed by atoms with E-state index in [0.717, 1.165) is 23.4 Å². The molecule has 7 nitrogen and oxygen atoms in total. The second-order valence-electron chi connectivity index (χ2n) is 6.93. The van der Waals surface area contributed by atoms with Gasteiger partial charge >= 0.3 is 0 Å². The zero-order valence-electron chi connectivity index (χ0n) is 17.7. The number of ether oxygens (including phenoxy) is 2. The fraction of sp³-hybridized carbons (Fsp3) is 0.391. The third-order valence-corrected chi connectivity index (χ3v) is 4.68. The van der Waals surface area contributed by atoms with Crippen LogP contribution in [0.1, 0.15) is 25.8 Å². The molecule has 2 aromatic rings. The number of hydrogen-bond donors (Lipinski definition) is 2. The minimum absolute atomic E-state index is 0.0165. The number of carbonyl (C=O) groups excluding carboxylic acids is 1. The van der Waals surface area contributed by atoms with Gasteiger partial charge in [-0.25, -0.2) is 4.99 Å². The van der Waals surface area contributed by atoms with Crippen molar-refractivity contribution in [3.8, 4) is 11.5 Å². The first kappa shape index (κ1) is 21.5. The zero-order valence-corrected chi connectivity index (χ0v) is 17.7. The standard InChI is InChI=1S/C23H30N4O3/c1-3-24-23(26-19-11-12-20-21(15-19)30-14-8-13-29-20)25-16-22(28)27(4-2)17-18-9-6-5-7-10-18/h5-7,9-12,15H,3-4,8,13-14,16-17H2,1-2H3,(H2,24,25,26). The summed E-state index contributed by atoms with van der Waals surface area (Å²) in [5.74, 6) is 1.99. The van der Waals surface area contributed by atoms with Crippen LogP contribution in [0.2, 0.25) is 0 Å². The van der Waals surface area contributed by atoms with E-state index >= 15 is 0 Å². The maximum absolute atomic E-state index is 12.7. The van der Waals surface area contributed by atoms with E-state index in [1.54, 1.807) is 4.90 Å². The summed E-state index contributed by atoms with van der Waals surface area (Å²) in [4.78, 5) is 19.0. The van der Waals surface area contributed by atoms with Crippen molar-refractivity contribution in [3.63, 3.8) is 0 Å². The Kier molecular flexibility index (Phi) is 7.94. The van der Waals surface area contributed by atoms with Crippen molar-refractivity contribution in [2.45, 2.75) is 26.8 Å². The van der Waals surface area contributed by atoms with E-state index in [4.69, 9.17) is 9.47 Å². The van der Waals surface area contributed by atoms with Crippen molar-refractivity contribution in [1.29, 1.82) is 0 Å². The van der Waals surface area contributed by atoms with Gasteiger partial charge in [0.05, 0.1) is 13.2 Å². The molecule has 0 unspecified atom stereocenters. The molecule has 0 spiro atoms. The predicted molar refractivity (Wildman–Crippen MR) is 119 cm³/mol. The number of hydrogen-bond acceptors (Lipinski definition) is 4. The topological polar surface area (TPSA) is 75.2 Å². The van der Waals surface area contributed by atoms with Crippen LogP contribution in [-0.4, -0.2) is 49.6 Å². The Labute approximate surface area is 178 Å². The lowest BCUT2D eigenvalue weighted by Gasteiger charge is -2.20. The monoisotopic (exact) mass is 410 g/mol. The summed E-state index contributed by atoms with van der Waals surface area (Å²) in [5, 5.41) is 6.43. The Morgan fingerprint density at radius 3 is 2.57 bits per heavy atom. The number of guanidine groups is 1. The summed E-state index contributed by atoms with van der Waals surface area (Å²) in [5.41, 5.74) is 1.93. The maximum Gasteiger partial charge on any atom is 0.244 e. The molecule has 0 fully saturated rings. The van der Waals surface area contributed by atoms with Crippen molar-refractivity contribution in [2.75, 3.05) is 38.2 Å². The highest BCUT2D eigenvalue weighted by Gasteiger charge is 2.14. The molecule has 0 bridgehead atoms. The van der Waals surface area contributed by atoms with E-state index in [1.807, 2.05) is 62.4 Å². The largest absolute Gasteiger partial charge is 0.490 e. The SMILES string of the molecule is CCNC(=NCC(=O)N(CC)Cc1ccccc1)Nc1ccc2c(c1)OCCCO2. The Bertz CT molecular complexity index is 855. The number of likely N-dealkylation sites (N-methyl/N-ethyl adjacent to an activating group) is 1. The summed E-state index contributed by atoms with van der Waals surface area (Å²) < 4.78 is 11.4. The van der Waals surface area contributed by atoms with E-state index in [0.29, 0.717) is 44.6 Å². The quantitative estimate of drug-likeness (QED) is 0.541. The van der Waals surface area contributed by atoms with Crippen molar-refractivity contribution in [1.82, 2.24) is 10.2 Å². The van der Waals surface area contributed by atoms with Crippen molar-refractivity contribution in [2.24, 2.45) is 4.99 Å². The van der Waals surface area contributed by atoms with E-state index < -0.39 is 0 Å². The molecule has 3 rings (SSSR count). The summed E-state index contributed by atoms with van der Waals surface area (Å²) in [6, 6.07) is 15.7. The van der Waals surface area contributed by atoms with Gasteiger partial charge in [-0.1, -0.05) is 30.3 Å². The van der Waals surface area contributed by atoms with Crippen molar-refractivity contribution < 1.29 is 14.3 Å². The number of amides is 1. The number of nitrogens with zero attached hydrogens (tertiary/aromatic N) is 2. The molecule has 30 heavy (non-hydrogen) atoms. The molecule has 1 heterocycles. The second-order valence-corrected chi connectivity index (χ2v) is 6.93. The molecule has 0 saturated heterocycles. The average Bonchev–Trinajstić information content (AvgIpc) is 3.01. The van der Waals surface area contributed by atoms with Gasteiger partial charge in [0, 0.05) is 37.8 Å². The fourth-order valence-corrected chi connectivity index (χ4v) is 3.11. The number of aliphatic imine (C=N–C) groups is 1. The lowest BCUT2D eigenvalue weighted by atomic mass is 10.2. The molecule has 0 atom stereocenters. The molecule has 0 aliphatic carbocycles. The van der Waals surface area contributed by atoms with E-state index in [-0.39, 0.29) is 12.5 Å². The molecule has 0 saturated carbocycles. The predicted octanol–water partition coefficient (Wildman–Crippen LogP) is 3.27. The van der Waals surface area contributed by atoms with Gasteiger partial charge in [-0.2, -0.15) is 0 Å². The van der Waals surface area contributed by atoms with Gasteiger partial charge in [0.25, 0.3) is 0 Å². The smallest absolute Gasteiger partial charge is 0.244 e. The third kappa shape index (κ3) is 6.14. The molecule has 160 valence electrons. The molecule has 2 aromatic carbocycles. The molecular formula is C23H30N4O3. The Morgan fingerprint density at radius 1 is 1.07 bits per heavy atom. The van der Waals surface area contributed by atoms with Crippen LogP contribution in [0.5, 0.6) is 11.5 Å². The number of rotatable bonds is 7. The van der Waals surface area contributed by atoms with Crippen LogP contribution < -0.4 is 20.1 Å². The van der Waals surface area contributed by atoms with E-state index in [2.05, 4.69) is 15.6 Å². The highest BCUT2D eigenvalue weighted by molar-refractivity contribution is 5.95. The van der Waals surface area contributed by atoms with Gasteiger partial charge in [0.2, 0.25) is 5.91 Å². The number of anilines is 1. The van der Waals surface area contributed by atoms with Gasteiger partial charge in [-0.3, -0.25) is 4.79 Å². The minimum Gasteiger partial charge on any atom is -0.490 e. The first-order valence-electron chi connectivity index (χ1n) is 10.5. The molecule has 2 N–H and O–H groups in total. The number of nitrogens with one attached hydrogen (secondary N) is 2. The Balaban J connectivity index is 1.65. The van der Waals surface area contributed by atoms with Crippen LogP contribution in [0.3, 0.4) is 0 Å². The highest BCUT2D eigenvalue weighted by atomic mass is 16.5. The summed E-state index contributed by atoms with van der Waals surface area (Å²) in [7, 11) is 0. The maximum atomic E-state index is 12.7. The van der Waals surface area contributed by atoms with Gasteiger partial charge in [-0.15, -0.1) is 0 Å². The number of carbonyl (C=O) groups is 1. The Hall–Kier alpha value is -3.22. The fourth-order valence-electron chi connectivity index (χ4n) is 3.11. The van der Waals surface area contributed by atoms with Crippen LogP contribution in [0.15, 0.2) is 53.5 Å². The van der Waals surface area contributed by atoms with Crippen LogP contribution in [0.4, 0.5) is 5.69 Å². The molecule has 7 heteroatoms. The minimum atomic E-state index is -0.0165. The van der Waals surface area contributed by atoms with Gasteiger partial charge in [0.1, 0.15) is 6.54 Å². The highest BCUT2D eigenvalue weighted by Crippen LogP contribution is 2.32. The Morgan fingerprint density at radius 2 is 1.83 bits per heavy atom.